The predicted octanol–water partition coefficient (Wildman–Crippen LogP) is 7.24. The highest BCUT2D eigenvalue weighted by Gasteiger charge is 2.22. The minimum absolute atomic E-state index is 0.257. The molecule has 0 aliphatic carbocycles. The molecule has 0 fully saturated rings. The number of thiophene rings is 1. The Kier molecular flexibility index (Phi) is 6.04. The molecular formula is C27H20BrN3O2S. The van der Waals surface area contributed by atoms with Crippen LogP contribution in [0.15, 0.2) is 89.4 Å². The molecule has 168 valence electrons. The number of nitrogens with zero attached hydrogens (tertiary/aromatic N) is 1. The fourth-order valence-corrected chi connectivity index (χ4v) is 5.05. The maximum Gasteiger partial charge on any atom is 0.267 e. The van der Waals surface area contributed by atoms with Gasteiger partial charge in [-0.25, -0.2) is 4.98 Å². The van der Waals surface area contributed by atoms with Gasteiger partial charge in [-0.2, -0.15) is 0 Å². The summed E-state index contributed by atoms with van der Waals surface area (Å²) in [5.41, 5.74) is 11.4. The molecule has 0 spiro atoms. The SMILES string of the molecule is COc1ccc(-c2cc(-c3ccccc3)c3c(N)c(C(=O)Nc4ccc(Br)cc4)sc3n2)cc1. The van der Waals surface area contributed by atoms with Crippen LogP contribution >= 0.6 is 27.3 Å². The molecule has 0 radical (unpaired) electrons. The molecule has 0 bridgehead atoms. The van der Waals surface area contributed by atoms with Gasteiger partial charge >= 0.3 is 0 Å². The number of hydrogen-bond acceptors (Lipinski definition) is 5. The lowest BCUT2D eigenvalue weighted by Crippen LogP contribution is -2.11. The number of carbonyl (C=O) groups is 1. The lowest BCUT2D eigenvalue weighted by molar-refractivity contribution is 0.103. The molecule has 0 aliphatic heterocycles. The number of aromatic nitrogens is 1. The van der Waals surface area contributed by atoms with Crippen LogP contribution in [0.5, 0.6) is 5.75 Å². The minimum Gasteiger partial charge on any atom is -0.497 e. The first-order valence-electron chi connectivity index (χ1n) is 10.5. The van der Waals surface area contributed by atoms with Gasteiger partial charge in [-0.05, 0) is 65.7 Å². The van der Waals surface area contributed by atoms with E-state index in [4.69, 9.17) is 15.5 Å². The van der Waals surface area contributed by atoms with E-state index >= 15 is 0 Å². The summed E-state index contributed by atoms with van der Waals surface area (Å²) < 4.78 is 6.23. The first kappa shape index (κ1) is 22.1. The summed E-state index contributed by atoms with van der Waals surface area (Å²) in [7, 11) is 1.64. The van der Waals surface area contributed by atoms with Crippen LogP contribution in [-0.4, -0.2) is 18.0 Å². The molecule has 0 atom stereocenters. The number of nitrogens with two attached hydrogens (primary N) is 1. The van der Waals surface area contributed by atoms with Gasteiger partial charge in [0.15, 0.2) is 0 Å². The average molecular weight is 530 g/mol. The van der Waals surface area contributed by atoms with E-state index in [0.717, 1.165) is 38.0 Å². The number of amides is 1. The van der Waals surface area contributed by atoms with E-state index < -0.39 is 0 Å². The van der Waals surface area contributed by atoms with Crippen molar-refractivity contribution in [2.24, 2.45) is 0 Å². The molecular weight excluding hydrogens is 510 g/mol. The molecule has 5 rings (SSSR count). The minimum atomic E-state index is -0.257. The van der Waals surface area contributed by atoms with Crippen LogP contribution in [0.3, 0.4) is 0 Å². The molecule has 2 aromatic heterocycles. The number of pyridine rings is 1. The Morgan fingerprint density at radius 2 is 1.68 bits per heavy atom. The van der Waals surface area contributed by atoms with Gasteiger partial charge in [-0.1, -0.05) is 46.3 Å². The highest BCUT2D eigenvalue weighted by atomic mass is 79.9. The lowest BCUT2D eigenvalue weighted by Gasteiger charge is -2.09. The molecule has 5 aromatic rings. The molecule has 5 nitrogen and oxygen atoms in total. The number of benzene rings is 3. The summed E-state index contributed by atoms with van der Waals surface area (Å²) >= 11 is 4.71. The Balaban J connectivity index is 1.64. The van der Waals surface area contributed by atoms with Gasteiger partial charge in [-0.3, -0.25) is 4.79 Å². The fraction of sp³-hybridized carbons (Fsp3) is 0.0370. The Labute approximate surface area is 209 Å². The van der Waals surface area contributed by atoms with Gasteiger partial charge in [0.05, 0.1) is 18.5 Å². The zero-order valence-corrected chi connectivity index (χ0v) is 20.6. The van der Waals surface area contributed by atoms with Crippen molar-refractivity contribution in [1.82, 2.24) is 4.98 Å². The molecule has 7 heteroatoms. The van der Waals surface area contributed by atoms with Crippen molar-refractivity contribution < 1.29 is 9.53 Å². The molecule has 3 aromatic carbocycles. The number of nitrogens with one attached hydrogen (secondary N) is 1. The summed E-state index contributed by atoms with van der Waals surface area (Å²) in [5.74, 6) is 0.521. The third kappa shape index (κ3) is 4.27. The summed E-state index contributed by atoms with van der Waals surface area (Å²) in [6, 6.07) is 27.2. The van der Waals surface area contributed by atoms with E-state index in [1.54, 1.807) is 7.11 Å². The van der Waals surface area contributed by atoms with E-state index in [0.29, 0.717) is 21.1 Å². The third-order valence-electron chi connectivity index (χ3n) is 5.48. The smallest absolute Gasteiger partial charge is 0.267 e. The van der Waals surface area contributed by atoms with Crippen molar-refractivity contribution in [2.75, 3.05) is 18.2 Å². The van der Waals surface area contributed by atoms with Gasteiger partial charge in [0.1, 0.15) is 15.5 Å². The second-order valence-corrected chi connectivity index (χ2v) is 9.55. The molecule has 1 amide bonds. The number of ether oxygens (including phenoxy) is 1. The largest absolute Gasteiger partial charge is 0.497 e. The van der Waals surface area contributed by atoms with Crippen molar-refractivity contribution >= 4 is 54.8 Å². The third-order valence-corrected chi connectivity index (χ3v) is 7.10. The monoisotopic (exact) mass is 529 g/mol. The van der Waals surface area contributed by atoms with E-state index in [-0.39, 0.29) is 5.91 Å². The Hall–Kier alpha value is -3.68. The first-order chi connectivity index (χ1) is 16.5. The molecule has 3 N–H and O–H groups in total. The van der Waals surface area contributed by atoms with E-state index in [1.165, 1.54) is 11.3 Å². The number of halogens is 1. The van der Waals surface area contributed by atoms with Crippen molar-refractivity contribution in [3.63, 3.8) is 0 Å². The molecule has 2 heterocycles. The number of anilines is 2. The summed E-state index contributed by atoms with van der Waals surface area (Å²) in [4.78, 5) is 19.2. The van der Waals surface area contributed by atoms with Crippen molar-refractivity contribution in [1.29, 1.82) is 0 Å². The normalized spacial score (nSPS) is 10.9. The molecule has 0 unspecified atom stereocenters. The highest BCUT2D eigenvalue weighted by Crippen LogP contribution is 2.41. The zero-order valence-electron chi connectivity index (χ0n) is 18.2. The fourth-order valence-electron chi connectivity index (χ4n) is 3.77. The molecule has 0 aliphatic rings. The Bertz CT molecular complexity index is 1480. The van der Waals surface area contributed by atoms with E-state index in [2.05, 4.69) is 21.2 Å². The highest BCUT2D eigenvalue weighted by molar-refractivity contribution is 9.10. The zero-order chi connectivity index (χ0) is 23.7. The predicted molar refractivity (Wildman–Crippen MR) is 144 cm³/mol. The van der Waals surface area contributed by atoms with Gasteiger partial charge in [0, 0.05) is 21.1 Å². The van der Waals surface area contributed by atoms with Gasteiger partial charge < -0.3 is 15.8 Å². The molecule has 0 saturated carbocycles. The quantitative estimate of drug-likeness (QED) is 0.251. The maximum absolute atomic E-state index is 13.1. The Morgan fingerprint density at radius 1 is 0.971 bits per heavy atom. The number of nitrogen functional groups attached to an aromatic ring is 1. The van der Waals surface area contributed by atoms with Gasteiger partial charge in [0.2, 0.25) is 0 Å². The van der Waals surface area contributed by atoms with Crippen LogP contribution < -0.4 is 15.8 Å². The molecule has 0 saturated heterocycles. The number of rotatable bonds is 5. The van der Waals surface area contributed by atoms with Crippen LogP contribution in [0.1, 0.15) is 9.67 Å². The number of methoxy groups -OCH3 is 1. The van der Waals surface area contributed by atoms with Crippen molar-refractivity contribution in [3.05, 3.63) is 94.3 Å². The molecule has 34 heavy (non-hydrogen) atoms. The number of hydrogen-bond donors (Lipinski definition) is 2. The van der Waals surface area contributed by atoms with E-state index in [9.17, 15) is 4.79 Å². The van der Waals surface area contributed by atoms with Crippen LogP contribution in [0.2, 0.25) is 0 Å². The topological polar surface area (TPSA) is 77.2 Å². The average Bonchev–Trinajstić information content (AvgIpc) is 3.22. The number of fused-ring (bicyclic) bond motifs is 1. The van der Waals surface area contributed by atoms with Gasteiger partial charge in [0.25, 0.3) is 5.91 Å². The standard InChI is InChI=1S/C27H20BrN3O2S/c1-33-20-13-7-17(8-14-20)22-15-21(16-5-3-2-4-6-16)23-24(29)25(34-27(23)31-22)26(32)30-19-11-9-18(28)10-12-19/h2-15H,29H2,1H3,(H,30,32). The van der Waals surface area contributed by atoms with Crippen molar-refractivity contribution in [3.8, 4) is 28.1 Å². The van der Waals surface area contributed by atoms with Gasteiger partial charge in [-0.15, -0.1) is 11.3 Å². The lowest BCUT2D eigenvalue weighted by atomic mass is 9.99. The van der Waals surface area contributed by atoms with Crippen LogP contribution in [-0.2, 0) is 0 Å². The Morgan fingerprint density at radius 3 is 2.35 bits per heavy atom. The summed E-state index contributed by atoms with van der Waals surface area (Å²) in [5, 5.41) is 3.72. The van der Waals surface area contributed by atoms with Crippen LogP contribution in [0.25, 0.3) is 32.6 Å². The van der Waals surface area contributed by atoms with E-state index in [1.807, 2.05) is 84.9 Å². The maximum atomic E-state index is 13.1. The second-order valence-electron chi connectivity index (χ2n) is 7.64. The van der Waals surface area contributed by atoms with Crippen molar-refractivity contribution in [2.45, 2.75) is 0 Å². The van der Waals surface area contributed by atoms with Crippen LogP contribution in [0, 0.1) is 0 Å². The summed E-state index contributed by atoms with van der Waals surface area (Å²) in [6.07, 6.45) is 0. The van der Waals surface area contributed by atoms with Crippen LogP contribution in [0.4, 0.5) is 11.4 Å². The number of carbonyl (C=O) groups excluding carboxylic acids is 1. The first-order valence-corrected chi connectivity index (χ1v) is 12.1. The summed E-state index contributed by atoms with van der Waals surface area (Å²) in [6.45, 7) is 0. The second kappa shape index (κ2) is 9.29.